The van der Waals surface area contributed by atoms with Gasteiger partial charge in [0, 0.05) is 11.1 Å². The molecule has 0 aliphatic carbocycles. The highest BCUT2D eigenvalue weighted by atomic mass is 16.5. The number of carbonyl (C=O) groups is 1. The van der Waals surface area contributed by atoms with Crippen LogP contribution in [0.4, 0.5) is 0 Å². The number of ether oxygens (including phenoxy) is 2. The zero-order valence-corrected chi connectivity index (χ0v) is 14.9. The molecule has 0 fully saturated rings. The summed E-state index contributed by atoms with van der Waals surface area (Å²) in [5, 5.41) is 15.9. The summed E-state index contributed by atoms with van der Waals surface area (Å²) in [7, 11) is 3.09. The van der Waals surface area contributed by atoms with Crippen LogP contribution in [-0.4, -0.2) is 46.5 Å². The molecule has 0 saturated carbocycles. The topological polar surface area (TPSA) is 104 Å². The fourth-order valence-corrected chi connectivity index (χ4v) is 2.36. The van der Waals surface area contributed by atoms with Gasteiger partial charge >= 0.3 is 0 Å². The van der Waals surface area contributed by atoms with E-state index in [9.17, 15) is 4.79 Å². The van der Waals surface area contributed by atoms with E-state index in [1.807, 2.05) is 30.3 Å². The normalized spacial score (nSPS) is 10.7. The molecule has 3 rings (SSSR count). The van der Waals surface area contributed by atoms with E-state index >= 15 is 0 Å². The van der Waals surface area contributed by atoms with Gasteiger partial charge in [0.15, 0.2) is 11.5 Å². The summed E-state index contributed by atoms with van der Waals surface area (Å²) in [6, 6.07) is 14.8. The zero-order chi connectivity index (χ0) is 19.1. The number of methoxy groups -OCH3 is 2. The average molecular weight is 366 g/mol. The van der Waals surface area contributed by atoms with Crippen LogP contribution in [0.25, 0.3) is 11.4 Å². The lowest BCUT2D eigenvalue weighted by Gasteiger charge is -2.09. The summed E-state index contributed by atoms with van der Waals surface area (Å²) in [5.74, 6) is 1.18. The molecule has 9 nitrogen and oxygen atoms in total. The monoisotopic (exact) mass is 366 g/mol. The Morgan fingerprint density at radius 1 is 1.15 bits per heavy atom. The van der Waals surface area contributed by atoms with Crippen LogP contribution < -0.4 is 14.9 Å². The Morgan fingerprint density at radius 2 is 1.96 bits per heavy atom. The van der Waals surface area contributed by atoms with Crippen molar-refractivity contribution in [1.82, 2.24) is 25.6 Å². The predicted octanol–water partition coefficient (Wildman–Crippen LogP) is 1.51. The first-order valence-electron chi connectivity index (χ1n) is 8.07. The minimum absolute atomic E-state index is 0.105. The van der Waals surface area contributed by atoms with Crippen molar-refractivity contribution >= 4 is 12.1 Å². The number of hydrogen-bond donors (Lipinski definition) is 1. The highest BCUT2D eigenvalue weighted by Gasteiger charge is 2.09. The maximum Gasteiger partial charge on any atom is 0.263 e. The number of aromatic nitrogens is 4. The van der Waals surface area contributed by atoms with Gasteiger partial charge in [-0.25, -0.2) is 5.43 Å². The number of tetrazole rings is 1. The van der Waals surface area contributed by atoms with Crippen LogP contribution in [-0.2, 0) is 11.3 Å². The average Bonchev–Trinajstić information content (AvgIpc) is 3.16. The summed E-state index contributed by atoms with van der Waals surface area (Å²) in [6.45, 7) is -0.105. The number of benzene rings is 2. The Kier molecular flexibility index (Phi) is 5.73. The highest BCUT2D eigenvalue weighted by molar-refractivity contribution is 5.86. The van der Waals surface area contributed by atoms with Gasteiger partial charge in [-0.05, 0) is 17.3 Å². The minimum Gasteiger partial charge on any atom is -0.493 e. The van der Waals surface area contributed by atoms with Crippen molar-refractivity contribution in [2.75, 3.05) is 14.2 Å². The van der Waals surface area contributed by atoms with Crippen LogP contribution in [0.1, 0.15) is 5.56 Å². The lowest BCUT2D eigenvalue weighted by molar-refractivity contribution is -0.122. The van der Waals surface area contributed by atoms with E-state index in [1.54, 1.807) is 25.3 Å². The Labute approximate surface area is 155 Å². The summed E-state index contributed by atoms with van der Waals surface area (Å²) < 4.78 is 10.5. The molecule has 1 N–H and O–H groups in total. The summed E-state index contributed by atoms with van der Waals surface area (Å²) in [6.07, 6.45) is 1.48. The molecule has 0 spiro atoms. The van der Waals surface area contributed by atoms with Crippen LogP contribution in [0.5, 0.6) is 11.5 Å². The minimum atomic E-state index is -0.384. The van der Waals surface area contributed by atoms with E-state index in [1.165, 1.54) is 18.1 Å². The van der Waals surface area contributed by atoms with Crippen molar-refractivity contribution in [3.8, 4) is 22.9 Å². The van der Waals surface area contributed by atoms with Gasteiger partial charge in [-0.1, -0.05) is 36.4 Å². The number of nitrogens with zero attached hydrogens (tertiary/aromatic N) is 5. The van der Waals surface area contributed by atoms with E-state index in [2.05, 4.69) is 25.9 Å². The van der Waals surface area contributed by atoms with Crippen LogP contribution in [0, 0.1) is 0 Å². The third-order valence-electron chi connectivity index (χ3n) is 3.60. The van der Waals surface area contributed by atoms with Crippen molar-refractivity contribution in [3.63, 3.8) is 0 Å². The number of hydrogen-bond acceptors (Lipinski definition) is 7. The van der Waals surface area contributed by atoms with Gasteiger partial charge < -0.3 is 9.47 Å². The number of para-hydroxylation sites is 1. The molecule has 1 amide bonds. The third-order valence-corrected chi connectivity index (χ3v) is 3.60. The SMILES string of the molecule is COc1cccc(C=NNC(=O)Cn2nnc(-c3ccccc3)n2)c1OC. The largest absolute Gasteiger partial charge is 0.493 e. The Bertz CT molecular complexity index is 939. The number of hydrazone groups is 1. The van der Waals surface area contributed by atoms with Gasteiger partial charge in [-0.3, -0.25) is 4.79 Å². The molecule has 0 aliphatic heterocycles. The second-order valence-corrected chi connectivity index (χ2v) is 5.39. The number of rotatable bonds is 7. The van der Waals surface area contributed by atoms with Crippen LogP contribution in [0.3, 0.4) is 0 Å². The fourth-order valence-electron chi connectivity index (χ4n) is 2.36. The lowest BCUT2D eigenvalue weighted by Crippen LogP contribution is -2.24. The number of amides is 1. The number of nitrogens with one attached hydrogen (secondary N) is 1. The van der Waals surface area contributed by atoms with Gasteiger partial charge in [-0.15, -0.1) is 10.2 Å². The zero-order valence-electron chi connectivity index (χ0n) is 14.9. The van der Waals surface area contributed by atoms with Crippen molar-refractivity contribution in [1.29, 1.82) is 0 Å². The summed E-state index contributed by atoms with van der Waals surface area (Å²) in [5.41, 5.74) is 3.92. The molecule has 138 valence electrons. The molecule has 1 heterocycles. The molecule has 9 heteroatoms. The van der Waals surface area contributed by atoms with Crippen molar-refractivity contribution < 1.29 is 14.3 Å². The van der Waals surface area contributed by atoms with Gasteiger partial charge in [0.05, 0.1) is 20.4 Å². The van der Waals surface area contributed by atoms with E-state index in [0.717, 1.165) is 5.56 Å². The molecular formula is C18H18N6O3. The van der Waals surface area contributed by atoms with Crippen LogP contribution in [0.15, 0.2) is 53.6 Å². The molecule has 0 atom stereocenters. The molecule has 0 bridgehead atoms. The highest BCUT2D eigenvalue weighted by Crippen LogP contribution is 2.29. The first kappa shape index (κ1) is 18.1. The third kappa shape index (κ3) is 4.46. The predicted molar refractivity (Wildman–Crippen MR) is 98.5 cm³/mol. The van der Waals surface area contributed by atoms with Crippen molar-refractivity contribution in [2.45, 2.75) is 6.54 Å². The van der Waals surface area contributed by atoms with Crippen molar-refractivity contribution in [3.05, 3.63) is 54.1 Å². The second-order valence-electron chi connectivity index (χ2n) is 5.39. The number of carbonyl (C=O) groups excluding carboxylic acids is 1. The first-order chi connectivity index (χ1) is 13.2. The van der Waals surface area contributed by atoms with E-state index in [0.29, 0.717) is 22.9 Å². The van der Waals surface area contributed by atoms with Gasteiger partial charge in [0.1, 0.15) is 6.54 Å². The molecule has 0 saturated heterocycles. The molecule has 27 heavy (non-hydrogen) atoms. The van der Waals surface area contributed by atoms with Crippen LogP contribution in [0.2, 0.25) is 0 Å². The van der Waals surface area contributed by atoms with E-state index in [4.69, 9.17) is 9.47 Å². The Balaban J connectivity index is 1.61. The fraction of sp³-hybridized carbons (Fsp3) is 0.167. The molecule has 1 aromatic heterocycles. The maximum atomic E-state index is 12.0. The molecule has 0 radical (unpaired) electrons. The molecule has 0 aliphatic rings. The van der Waals surface area contributed by atoms with Crippen LogP contribution >= 0.6 is 0 Å². The Morgan fingerprint density at radius 3 is 2.70 bits per heavy atom. The Hall–Kier alpha value is -3.75. The molecule has 2 aromatic carbocycles. The van der Waals surface area contributed by atoms with E-state index < -0.39 is 0 Å². The standard InChI is InChI=1S/C18H18N6O3/c1-26-15-10-6-9-14(17(15)27-2)11-19-20-16(25)12-24-22-18(21-23-24)13-7-4-3-5-8-13/h3-11H,12H2,1-2H3,(H,20,25). The van der Waals surface area contributed by atoms with Gasteiger partial charge in [0.2, 0.25) is 5.82 Å². The second kappa shape index (κ2) is 8.56. The first-order valence-corrected chi connectivity index (χ1v) is 8.07. The summed E-state index contributed by atoms with van der Waals surface area (Å²) >= 11 is 0. The molecule has 0 unspecified atom stereocenters. The lowest BCUT2D eigenvalue weighted by atomic mass is 10.2. The molecule has 3 aromatic rings. The van der Waals surface area contributed by atoms with Gasteiger partial charge in [0.25, 0.3) is 5.91 Å². The van der Waals surface area contributed by atoms with Gasteiger partial charge in [-0.2, -0.15) is 9.90 Å². The van der Waals surface area contributed by atoms with E-state index in [-0.39, 0.29) is 12.5 Å². The quantitative estimate of drug-likeness (QED) is 0.502. The summed E-state index contributed by atoms with van der Waals surface area (Å²) in [4.78, 5) is 13.2. The maximum absolute atomic E-state index is 12.0. The van der Waals surface area contributed by atoms with Crippen molar-refractivity contribution in [2.24, 2.45) is 5.10 Å². The smallest absolute Gasteiger partial charge is 0.263 e. The molecular weight excluding hydrogens is 348 g/mol.